The van der Waals surface area contributed by atoms with Crippen molar-refractivity contribution >= 4 is 0 Å². The van der Waals surface area contributed by atoms with Gasteiger partial charge in [0.2, 0.25) is 0 Å². The van der Waals surface area contributed by atoms with E-state index >= 15 is 0 Å². The molecule has 0 radical (unpaired) electrons. The molecule has 0 spiro atoms. The molecule has 0 aliphatic heterocycles. The van der Waals surface area contributed by atoms with Crippen molar-refractivity contribution in [3.05, 3.63) is 29.6 Å². The third-order valence-corrected chi connectivity index (χ3v) is 3.34. The fourth-order valence-corrected chi connectivity index (χ4v) is 2.30. The highest BCUT2D eigenvalue weighted by Crippen LogP contribution is 2.30. The van der Waals surface area contributed by atoms with Crippen LogP contribution in [0.5, 0.6) is 0 Å². The van der Waals surface area contributed by atoms with E-state index in [9.17, 15) is 13.2 Å². The summed E-state index contributed by atoms with van der Waals surface area (Å²) in [6.07, 6.45) is 0.423. The van der Waals surface area contributed by atoms with Gasteiger partial charge in [-0.1, -0.05) is 6.42 Å². The minimum absolute atomic E-state index is 0.166. The Morgan fingerprint density at radius 1 is 1.29 bits per heavy atom. The van der Waals surface area contributed by atoms with Gasteiger partial charge in [0.05, 0.1) is 5.56 Å². The van der Waals surface area contributed by atoms with Crippen molar-refractivity contribution in [2.24, 2.45) is 11.7 Å². The van der Waals surface area contributed by atoms with E-state index in [1.165, 1.54) is 6.07 Å². The largest absolute Gasteiger partial charge is 0.417 e. The van der Waals surface area contributed by atoms with Crippen LogP contribution in [0, 0.1) is 5.92 Å². The third-order valence-electron chi connectivity index (χ3n) is 3.34. The van der Waals surface area contributed by atoms with E-state index in [0.717, 1.165) is 31.5 Å². The summed E-state index contributed by atoms with van der Waals surface area (Å²) in [5.74, 6) is 0.360. The SMILES string of the molecule is NC1CCCC1Cc1ccc(C(F)(F)F)cn1. The highest BCUT2D eigenvalue weighted by molar-refractivity contribution is 5.17. The zero-order valence-electron chi connectivity index (χ0n) is 9.37. The second-order valence-electron chi connectivity index (χ2n) is 4.59. The molecule has 2 N–H and O–H groups in total. The molecule has 2 rings (SSSR count). The molecule has 2 unspecified atom stereocenters. The molecule has 1 saturated carbocycles. The predicted octanol–water partition coefficient (Wildman–Crippen LogP) is 2.77. The first-order chi connectivity index (χ1) is 7.97. The summed E-state index contributed by atoms with van der Waals surface area (Å²) in [4.78, 5) is 3.87. The zero-order valence-corrected chi connectivity index (χ0v) is 9.37. The molecular weight excluding hydrogens is 229 g/mol. The van der Waals surface area contributed by atoms with Gasteiger partial charge < -0.3 is 5.73 Å². The second kappa shape index (κ2) is 4.64. The third kappa shape index (κ3) is 2.97. The van der Waals surface area contributed by atoms with Crippen molar-refractivity contribution in [3.63, 3.8) is 0 Å². The van der Waals surface area contributed by atoms with Crippen molar-refractivity contribution in [3.8, 4) is 0 Å². The summed E-state index contributed by atoms with van der Waals surface area (Å²) >= 11 is 0. The van der Waals surface area contributed by atoms with E-state index < -0.39 is 11.7 Å². The summed E-state index contributed by atoms with van der Waals surface area (Å²) in [5, 5.41) is 0. The second-order valence-corrected chi connectivity index (χ2v) is 4.59. The molecule has 1 aromatic rings. The predicted molar refractivity (Wildman–Crippen MR) is 58.3 cm³/mol. The Hall–Kier alpha value is -1.10. The number of rotatable bonds is 2. The molecule has 94 valence electrons. The normalized spacial score (nSPS) is 25.2. The zero-order chi connectivity index (χ0) is 12.5. The van der Waals surface area contributed by atoms with Gasteiger partial charge in [0.1, 0.15) is 0 Å². The average Bonchev–Trinajstić information content (AvgIpc) is 2.64. The van der Waals surface area contributed by atoms with Crippen LogP contribution in [-0.2, 0) is 12.6 Å². The van der Waals surface area contributed by atoms with Gasteiger partial charge in [-0.15, -0.1) is 0 Å². The van der Waals surface area contributed by atoms with Crippen LogP contribution in [0.4, 0.5) is 13.2 Å². The molecule has 0 saturated heterocycles. The van der Waals surface area contributed by atoms with Crippen molar-refractivity contribution in [2.75, 3.05) is 0 Å². The molecule has 1 fully saturated rings. The van der Waals surface area contributed by atoms with E-state index in [1.807, 2.05) is 0 Å². The number of pyridine rings is 1. The van der Waals surface area contributed by atoms with Crippen LogP contribution in [-0.4, -0.2) is 11.0 Å². The lowest BCUT2D eigenvalue weighted by atomic mass is 9.98. The molecular formula is C12H15F3N2. The van der Waals surface area contributed by atoms with Gasteiger partial charge in [-0.2, -0.15) is 13.2 Å². The summed E-state index contributed by atoms with van der Waals surface area (Å²) in [6.45, 7) is 0. The van der Waals surface area contributed by atoms with Crippen LogP contribution < -0.4 is 5.73 Å². The number of nitrogens with two attached hydrogens (primary N) is 1. The van der Waals surface area contributed by atoms with Crippen LogP contribution in [0.25, 0.3) is 0 Å². The molecule has 17 heavy (non-hydrogen) atoms. The Morgan fingerprint density at radius 2 is 2.06 bits per heavy atom. The topological polar surface area (TPSA) is 38.9 Å². The lowest BCUT2D eigenvalue weighted by Gasteiger charge is -2.14. The summed E-state index contributed by atoms with van der Waals surface area (Å²) in [6, 6.07) is 2.70. The molecule has 2 nitrogen and oxygen atoms in total. The minimum atomic E-state index is -4.31. The van der Waals surface area contributed by atoms with Crippen LogP contribution in [0.15, 0.2) is 18.3 Å². The van der Waals surface area contributed by atoms with Gasteiger partial charge >= 0.3 is 6.18 Å². The van der Waals surface area contributed by atoms with Crippen LogP contribution in [0.3, 0.4) is 0 Å². The fraction of sp³-hybridized carbons (Fsp3) is 0.583. The first kappa shape index (κ1) is 12.4. The van der Waals surface area contributed by atoms with E-state index in [2.05, 4.69) is 4.98 Å². The van der Waals surface area contributed by atoms with E-state index in [4.69, 9.17) is 5.73 Å². The molecule has 1 aliphatic rings. The molecule has 1 aromatic heterocycles. The Morgan fingerprint density at radius 3 is 2.53 bits per heavy atom. The summed E-state index contributed by atoms with van der Waals surface area (Å²) in [5.41, 5.74) is 5.92. The molecule has 0 bridgehead atoms. The van der Waals surface area contributed by atoms with Gasteiger partial charge in [0.15, 0.2) is 0 Å². The van der Waals surface area contributed by atoms with Gasteiger partial charge in [-0.3, -0.25) is 4.98 Å². The Kier molecular flexibility index (Phi) is 3.38. The number of alkyl halides is 3. The number of halogens is 3. The smallest absolute Gasteiger partial charge is 0.327 e. The summed E-state index contributed by atoms with van der Waals surface area (Å²) < 4.78 is 37.0. The Bertz CT molecular complexity index is 372. The van der Waals surface area contributed by atoms with Crippen molar-refractivity contribution < 1.29 is 13.2 Å². The van der Waals surface area contributed by atoms with Crippen LogP contribution in [0.2, 0.25) is 0 Å². The minimum Gasteiger partial charge on any atom is -0.327 e. The maximum atomic E-state index is 12.3. The molecule has 2 atom stereocenters. The molecule has 5 heteroatoms. The standard InChI is InChI=1S/C12H15F3N2/c13-12(14,15)9-4-5-10(17-7-9)6-8-2-1-3-11(8)16/h4-5,7-8,11H,1-3,6,16H2. The average molecular weight is 244 g/mol. The van der Waals surface area contributed by atoms with Crippen molar-refractivity contribution in [1.82, 2.24) is 4.98 Å². The first-order valence-corrected chi connectivity index (χ1v) is 5.74. The molecule has 0 aromatic carbocycles. The lowest BCUT2D eigenvalue weighted by molar-refractivity contribution is -0.137. The highest BCUT2D eigenvalue weighted by Gasteiger charge is 2.31. The highest BCUT2D eigenvalue weighted by atomic mass is 19.4. The van der Waals surface area contributed by atoms with Crippen molar-refractivity contribution in [1.29, 1.82) is 0 Å². The number of nitrogens with zero attached hydrogens (tertiary/aromatic N) is 1. The Balaban J connectivity index is 2.03. The van der Waals surface area contributed by atoms with Crippen LogP contribution in [0.1, 0.15) is 30.5 Å². The molecule has 0 amide bonds. The van der Waals surface area contributed by atoms with Gasteiger partial charge in [0.25, 0.3) is 0 Å². The maximum absolute atomic E-state index is 12.3. The van der Waals surface area contributed by atoms with Crippen LogP contribution >= 0.6 is 0 Å². The van der Waals surface area contributed by atoms with Gasteiger partial charge in [-0.25, -0.2) is 0 Å². The van der Waals surface area contributed by atoms with Gasteiger partial charge in [-0.05, 0) is 37.3 Å². The number of aromatic nitrogens is 1. The van der Waals surface area contributed by atoms with Crippen molar-refractivity contribution in [2.45, 2.75) is 37.9 Å². The maximum Gasteiger partial charge on any atom is 0.417 e. The monoisotopic (exact) mass is 244 g/mol. The Labute approximate surface area is 98.0 Å². The van der Waals surface area contributed by atoms with E-state index in [1.54, 1.807) is 0 Å². The first-order valence-electron chi connectivity index (χ1n) is 5.74. The molecule has 1 aliphatic carbocycles. The van der Waals surface area contributed by atoms with E-state index in [0.29, 0.717) is 18.0 Å². The lowest BCUT2D eigenvalue weighted by Crippen LogP contribution is -2.26. The fourth-order valence-electron chi connectivity index (χ4n) is 2.30. The quantitative estimate of drug-likeness (QED) is 0.868. The number of hydrogen-bond acceptors (Lipinski definition) is 2. The summed E-state index contributed by atoms with van der Waals surface area (Å²) in [7, 11) is 0. The van der Waals surface area contributed by atoms with Gasteiger partial charge in [0, 0.05) is 17.9 Å². The van der Waals surface area contributed by atoms with E-state index in [-0.39, 0.29) is 6.04 Å². The number of hydrogen-bond donors (Lipinski definition) is 1. The molecule has 1 heterocycles.